The number of ether oxygens (including phenoxy) is 1. The minimum absolute atomic E-state index is 0.220. The van der Waals surface area contributed by atoms with Crippen molar-refractivity contribution in [3.63, 3.8) is 0 Å². The van der Waals surface area contributed by atoms with Gasteiger partial charge < -0.3 is 15.4 Å². The van der Waals surface area contributed by atoms with E-state index in [0.717, 1.165) is 22.4 Å². The first kappa shape index (κ1) is 18.0. The lowest BCUT2D eigenvalue weighted by molar-refractivity contribution is -0.118. The van der Waals surface area contributed by atoms with Crippen LogP contribution in [0, 0.1) is 0 Å². The van der Waals surface area contributed by atoms with Crippen molar-refractivity contribution in [3.05, 3.63) is 54.1 Å². The van der Waals surface area contributed by atoms with Crippen LogP contribution in [0.25, 0.3) is 11.1 Å². The average Bonchev–Trinajstić information content (AvgIpc) is 2.73. The molecule has 1 heterocycles. The summed E-state index contributed by atoms with van der Waals surface area (Å²) in [7, 11) is 0. The lowest BCUT2D eigenvalue weighted by Crippen LogP contribution is -2.45. The lowest BCUT2D eigenvalue weighted by atomic mass is 9.99. The zero-order valence-corrected chi connectivity index (χ0v) is 15.3. The monoisotopic (exact) mass is 352 g/mol. The van der Waals surface area contributed by atoms with E-state index in [9.17, 15) is 9.59 Å². The molecule has 1 unspecified atom stereocenters. The largest absolute Gasteiger partial charge is 0.444 e. The van der Waals surface area contributed by atoms with Gasteiger partial charge >= 0.3 is 6.09 Å². The van der Waals surface area contributed by atoms with Crippen molar-refractivity contribution >= 4 is 17.7 Å². The maximum atomic E-state index is 12.5. The molecule has 0 bridgehead atoms. The number of alkyl carbamates (subject to hydrolysis) is 1. The molecule has 0 radical (unpaired) electrons. The molecule has 136 valence electrons. The number of fused-ring (bicyclic) bond motifs is 1. The lowest BCUT2D eigenvalue weighted by Gasteiger charge is -2.22. The fourth-order valence-corrected chi connectivity index (χ4v) is 2.97. The van der Waals surface area contributed by atoms with Gasteiger partial charge in [0.1, 0.15) is 11.6 Å². The molecule has 3 rings (SSSR count). The molecular weight excluding hydrogens is 328 g/mol. The smallest absolute Gasteiger partial charge is 0.408 e. The van der Waals surface area contributed by atoms with Gasteiger partial charge in [-0.15, -0.1) is 0 Å². The van der Waals surface area contributed by atoms with Crippen LogP contribution in [0.2, 0.25) is 0 Å². The van der Waals surface area contributed by atoms with Crippen LogP contribution in [0.3, 0.4) is 0 Å². The number of carbonyl (C=O) groups excluding carboxylic acids is 2. The highest BCUT2D eigenvalue weighted by atomic mass is 16.6. The van der Waals surface area contributed by atoms with Crippen LogP contribution < -0.4 is 10.6 Å². The summed E-state index contributed by atoms with van der Waals surface area (Å²) < 4.78 is 5.25. The van der Waals surface area contributed by atoms with Gasteiger partial charge in [0.2, 0.25) is 5.91 Å². The second-order valence-electron chi connectivity index (χ2n) is 7.46. The van der Waals surface area contributed by atoms with Gasteiger partial charge in [-0.1, -0.05) is 36.4 Å². The Kier molecular flexibility index (Phi) is 4.98. The maximum Gasteiger partial charge on any atom is 0.408 e. The predicted octanol–water partition coefficient (Wildman–Crippen LogP) is 4.13. The molecule has 0 saturated heterocycles. The molecule has 0 fully saturated rings. The normalized spacial score (nSPS) is 16.9. The highest BCUT2D eigenvalue weighted by molar-refractivity contribution is 5.98. The van der Waals surface area contributed by atoms with E-state index in [2.05, 4.69) is 28.8 Å². The molecule has 2 N–H and O–H groups in total. The highest BCUT2D eigenvalue weighted by Gasteiger charge is 2.27. The molecular formula is C21H24N2O3. The van der Waals surface area contributed by atoms with Crippen molar-refractivity contribution < 1.29 is 14.3 Å². The number of hydrogen-bond donors (Lipinski definition) is 2. The summed E-state index contributed by atoms with van der Waals surface area (Å²) in [5.74, 6) is -0.220. The summed E-state index contributed by atoms with van der Waals surface area (Å²) in [5, 5.41) is 5.58. The Labute approximate surface area is 153 Å². The van der Waals surface area contributed by atoms with E-state index in [0.29, 0.717) is 12.8 Å². The zero-order valence-electron chi connectivity index (χ0n) is 15.3. The number of carbonyl (C=O) groups is 2. The minimum Gasteiger partial charge on any atom is -0.444 e. The number of nitrogens with one attached hydrogen (secondary N) is 2. The third-order valence-corrected chi connectivity index (χ3v) is 4.18. The summed E-state index contributed by atoms with van der Waals surface area (Å²) in [6, 6.07) is 15.5. The molecule has 2 aromatic rings. The first-order chi connectivity index (χ1) is 12.3. The van der Waals surface area contributed by atoms with Gasteiger partial charge in [-0.2, -0.15) is 0 Å². The summed E-state index contributed by atoms with van der Waals surface area (Å²) in [4.78, 5) is 24.4. The second-order valence-corrected chi connectivity index (χ2v) is 7.46. The number of anilines is 1. The predicted molar refractivity (Wildman–Crippen MR) is 102 cm³/mol. The van der Waals surface area contributed by atoms with Gasteiger partial charge in [-0.05, 0) is 62.4 Å². The van der Waals surface area contributed by atoms with Crippen molar-refractivity contribution in [1.82, 2.24) is 5.32 Å². The van der Waals surface area contributed by atoms with Crippen LogP contribution in [0.4, 0.5) is 10.5 Å². The van der Waals surface area contributed by atoms with Crippen LogP contribution in [0.1, 0.15) is 32.8 Å². The van der Waals surface area contributed by atoms with E-state index in [-0.39, 0.29) is 5.91 Å². The Hall–Kier alpha value is -2.82. The topological polar surface area (TPSA) is 67.4 Å². The second kappa shape index (κ2) is 7.20. The van der Waals surface area contributed by atoms with E-state index >= 15 is 0 Å². The van der Waals surface area contributed by atoms with Gasteiger partial charge in [0, 0.05) is 5.69 Å². The van der Waals surface area contributed by atoms with Crippen LogP contribution in [0.5, 0.6) is 0 Å². The molecule has 0 aromatic heterocycles. The van der Waals surface area contributed by atoms with E-state index in [1.54, 1.807) is 20.8 Å². The van der Waals surface area contributed by atoms with Gasteiger partial charge in [0.15, 0.2) is 0 Å². The molecule has 2 amide bonds. The molecule has 0 spiro atoms. The molecule has 1 aliphatic rings. The molecule has 5 nitrogen and oxygen atoms in total. The average molecular weight is 352 g/mol. The Balaban J connectivity index is 1.74. The maximum absolute atomic E-state index is 12.5. The van der Waals surface area contributed by atoms with Crippen LogP contribution in [-0.2, 0) is 16.0 Å². The first-order valence-electron chi connectivity index (χ1n) is 8.80. The fraction of sp³-hybridized carbons (Fsp3) is 0.333. The van der Waals surface area contributed by atoms with Crippen molar-refractivity contribution in [1.29, 1.82) is 0 Å². The van der Waals surface area contributed by atoms with E-state index in [1.165, 1.54) is 0 Å². The van der Waals surface area contributed by atoms with Crippen molar-refractivity contribution in [2.45, 2.75) is 45.3 Å². The number of hydrogen-bond acceptors (Lipinski definition) is 3. The Morgan fingerprint density at radius 2 is 1.85 bits per heavy atom. The van der Waals surface area contributed by atoms with Crippen LogP contribution in [0.15, 0.2) is 48.5 Å². The molecule has 1 aliphatic heterocycles. The summed E-state index contributed by atoms with van der Waals surface area (Å²) in [6.07, 6.45) is 0.638. The third-order valence-electron chi connectivity index (χ3n) is 4.18. The van der Waals surface area contributed by atoms with Crippen molar-refractivity contribution in [2.24, 2.45) is 0 Å². The van der Waals surface area contributed by atoms with Gasteiger partial charge in [-0.25, -0.2) is 4.79 Å². The minimum atomic E-state index is -0.613. The highest BCUT2D eigenvalue weighted by Crippen LogP contribution is 2.28. The van der Waals surface area contributed by atoms with Crippen molar-refractivity contribution in [3.8, 4) is 11.1 Å². The van der Waals surface area contributed by atoms with Gasteiger partial charge in [-0.3, -0.25) is 4.79 Å². The standard InChI is InChI=1S/C21H24N2O3/c1-21(2,3)26-20(25)23-18-12-10-16-13-15(14-7-5-4-6-8-14)9-11-17(16)22-19(18)24/h4-9,11,13,18H,10,12H2,1-3H3,(H,22,24)(H,23,25). The first-order valence-corrected chi connectivity index (χ1v) is 8.80. The summed E-state index contributed by atoms with van der Waals surface area (Å²) >= 11 is 0. The fourth-order valence-electron chi connectivity index (χ4n) is 2.97. The number of amides is 2. The SMILES string of the molecule is CC(C)(C)OC(=O)NC1CCc2cc(-c3ccccc3)ccc2NC1=O. The molecule has 5 heteroatoms. The zero-order chi connectivity index (χ0) is 18.7. The van der Waals surface area contributed by atoms with Gasteiger partial charge in [0.05, 0.1) is 0 Å². The number of aryl methyl sites for hydroxylation is 1. The quantitative estimate of drug-likeness (QED) is 0.854. The van der Waals surface area contributed by atoms with Crippen LogP contribution >= 0.6 is 0 Å². The van der Waals surface area contributed by atoms with E-state index in [1.807, 2.05) is 30.3 Å². The van der Waals surface area contributed by atoms with Gasteiger partial charge in [0.25, 0.3) is 0 Å². The summed E-state index contributed by atoms with van der Waals surface area (Å²) in [6.45, 7) is 5.38. The Bertz CT molecular complexity index is 810. The molecule has 0 aliphatic carbocycles. The summed E-state index contributed by atoms with van der Waals surface area (Å²) in [5.41, 5.74) is 3.50. The molecule has 2 aromatic carbocycles. The molecule has 0 saturated carbocycles. The molecule has 1 atom stereocenters. The van der Waals surface area contributed by atoms with E-state index in [4.69, 9.17) is 4.74 Å². The Morgan fingerprint density at radius 1 is 1.12 bits per heavy atom. The van der Waals surface area contributed by atoms with Crippen molar-refractivity contribution in [2.75, 3.05) is 5.32 Å². The molecule has 26 heavy (non-hydrogen) atoms. The van der Waals surface area contributed by atoms with E-state index < -0.39 is 17.7 Å². The van der Waals surface area contributed by atoms with Crippen LogP contribution in [-0.4, -0.2) is 23.6 Å². The number of benzene rings is 2. The number of rotatable bonds is 2. The Morgan fingerprint density at radius 3 is 2.54 bits per heavy atom. The third kappa shape index (κ3) is 4.42.